The van der Waals surface area contributed by atoms with Gasteiger partial charge in [-0.3, -0.25) is 4.90 Å². The van der Waals surface area contributed by atoms with Gasteiger partial charge in [0.25, 0.3) is 0 Å². The Morgan fingerprint density at radius 2 is 1.78 bits per heavy atom. The van der Waals surface area contributed by atoms with E-state index in [0.29, 0.717) is 12.1 Å². The van der Waals surface area contributed by atoms with Crippen LogP contribution in [0.4, 0.5) is 0 Å². The van der Waals surface area contributed by atoms with E-state index in [1.165, 1.54) is 52.0 Å². The summed E-state index contributed by atoms with van der Waals surface area (Å²) in [4.78, 5) is 5.36. The summed E-state index contributed by atoms with van der Waals surface area (Å²) in [6.07, 6.45) is 4.20. The Bertz CT molecular complexity index is 232. The molecule has 0 spiro atoms. The van der Waals surface area contributed by atoms with Crippen LogP contribution in [0.3, 0.4) is 0 Å². The molecular weight excluding hydrogens is 222 g/mol. The van der Waals surface area contributed by atoms with E-state index in [4.69, 9.17) is 0 Å². The van der Waals surface area contributed by atoms with Crippen LogP contribution in [0.25, 0.3) is 0 Å². The maximum Gasteiger partial charge on any atom is 0.0222 e. The number of rotatable bonds is 7. The van der Waals surface area contributed by atoms with Crippen LogP contribution in [-0.4, -0.2) is 61.2 Å². The van der Waals surface area contributed by atoms with E-state index in [0.717, 1.165) is 12.5 Å². The highest BCUT2D eigenvalue weighted by atomic mass is 15.3. The first-order valence-corrected chi connectivity index (χ1v) is 7.94. The second-order valence-electron chi connectivity index (χ2n) is 6.09. The quantitative estimate of drug-likeness (QED) is 0.746. The lowest BCUT2D eigenvalue weighted by molar-refractivity contribution is 0.0827. The van der Waals surface area contributed by atoms with Gasteiger partial charge in [-0.05, 0) is 38.6 Å². The van der Waals surface area contributed by atoms with Crippen molar-refractivity contribution in [3.8, 4) is 0 Å². The topological polar surface area (TPSA) is 18.5 Å². The van der Waals surface area contributed by atoms with E-state index in [2.05, 4.69) is 35.9 Å². The van der Waals surface area contributed by atoms with Crippen LogP contribution in [-0.2, 0) is 0 Å². The highest BCUT2D eigenvalue weighted by Crippen LogP contribution is 2.30. The monoisotopic (exact) mass is 253 g/mol. The molecule has 0 aromatic heterocycles. The average Bonchev–Trinajstić information content (AvgIpc) is 3.20. The number of hydrogen-bond donors (Lipinski definition) is 1. The van der Waals surface area contributed by atoms with Crippen molar-refractivity contribution in [1.82, 2.24) is 15.1 Å². The molecule has 1 aliphatic heterocycles. The van der Waals surface area contributed by atoms with E-state index in [-0.39, 0.29) is 0 Å². The van der Waals surface area contributed by atoms with Gasteiger partial charge >= 0.3 is 0 Å². The molecule has 0 amide bonds. The Hall–Kier alpha value is -0.120. The van der Waals surface area contributed by atoms with Crippen LogP contribution in [0, 0.1) is 5.92 Å². The number of nitrogens with zero attached hydrogens (tertiary/aromatic N) is 2. The molecule has 1 saturated heterocycles. The molecule has 1 aliphatic carbocycles. The van der Waals surface area contributed by atoms with Crippen molar-refractivity contribution >= 4 is 0 Å². The molecule has 1 heterocycles. The molecule has 3 heteroatoms. The molecular formula is C15H31N3. The molecule has 0 radical (unpaired) electrons. The lowest BCUT2D eigenvalue weighted by Crippen LogP contribution is -2.55. The van der Waals surface area contributed by atoms with E-state index >= 15 is 0 Å². The molecule has 2 aliphatic rings. The van der Waals surface area contributed by atoms with Crippen molar-refractivity contribution in [3.63, 3.8) is 0 Å². The molecule has 106 valence electrons. The SMILES string of the molecule is CCNC(CC)C(C)N1CCN(CC2CC2)CC1. The fourth-order valence-electron chi connectivity index (χ4n) is 3.19. The summed E-state index contributed by atoms with van der Waals surface area (Å²) in [5.41, 5.74) is 0. The summed E-state index contributed by atoms with van der Waals surface area (Å²) in [7, 11) is 0. The highest BCUT2D eigenvalue weighted by molar-refractivity contribution is 4.85. The van der Waals surface area contributed by atoms with Gasteiger partial charge in [-0.15, -0.1) is 0 Å². The first-order chi connectivity index (χ1) is 8.74. The van der Waals surface area contributed by atoms with E-state index in [9.17, 15) is 0 Å². The third-order valence-electron chi connectivity index (χ3n) is 4.68. The lowest BCUT2D eigenvalue weighted by Gasteiger charge is -2.41. The molecule has 2 rings (SSSR count). The van der Waals surface area contributed by atoms with Gasteiger partial charge in [0.1, 0.15) is 0 Å². The predicted octanol–water partition coefficient (Wildman–Crippen LogP) is 1.79. The minimum absolute atomic E-state index is 0.657. The standard InChI is InChI=1S/C15H31N3/c1-4-15(16-5-2)13(3)18-10-8-17(9-11-18)12-14-6-7-14/h13-16H,4-12H2,1-3H3. The van der Waals surface area contributed by atoms with Gasteiger partial charge in [0.2, 0.25) is 0 Å². The largest absolute Gasteiger partial charge is 0.313 e. The summed E-state index contributed by atoms with van der Waals surface area (Å²) in [5.74, 6) is 1.04. The number of hydrogen-bond acceptors (Lipinski definition) is 3. The molecule has 3 nitrogen and oxygen atoms in total. The predicted molar refractivity (Wildman–Crippen MR) is 78.0 cm³/mol. The maximum atomic E-state index is 3.63. The van der Waals surface area contributed by atoms with Gasteiger partial charge in [0.15, 0.2) is 0 Å². The van der Waals surface area contributed by atoms with Crippen LogP contribution in [0.5, 0.6) is 0 Å². The molecule has 2 atom stereocenters. The Labute approximate surface area is 113 Å². The summed E-state index contributed by atoms with van der Waals surface area (Å²) in [6.45, 7) is 14.4. The van der Waals surface area contributed by atoms with Gasteiger partial charge in [-0.2, -0.15) is 0 Å². The van der Waals surface area contributed by atoms with Crippen LogP contribution in [0.15, 0.2) is 0 Å². The summed E-state index contributed by atoms with van der Waals surface area (Å²) >= 11 is 0. The Morgan fingerprint density at radius 1 is 1.11 bits per heavy atom. The summed E-state index contributed by atoms with van der Waals surface area (Å²) < 4.78 is 0. The van der Waals surface area contributed by atoms with Crippen LogP contribution >= 0.6 is 0 Å². The number of nitrogens with one attached hydrogen (secondary N) is 1. The van der Waals surface area contributed by atoms with Crippen molar-refractivity contribution in [2.45, 2.75) is 52.1 Å². The summed E-state index contributed by atoms with van der Waals surface area (Å²) in [5, 5.41) is 3.63. The Morgan fingerprint density at radius 3 is 2.28 bits per heavy atom. The zero-order chi connectivity index (χ0) is 13.0. The number of likely N-dealkylation sites (N-methyl/N-ethyl adjacent to an activating group) is 1. The smallest absolute Gasteiger partial charge is 0.0222 e. The van der Waals surface area contributed by atoms with Crippen molar-refractivity contribution < 1.29 is 0 Å². The zero-order valence-electron chi connectivity index (χ0n) is 12.5. The Balaban J connectivity index is 1.73. The summed E-state index contributed by atoms with van der Waals surface area (Å²) in [6, 6.07) is 1.34. The molecule has 18 heavy (non-hydrogen) atoms. The molecule has 0 bridgehead atoms. The van der Waals surface area contributed by atoms with Crippen LogP contribution in [0.1, 0.15) is 40.0 Å². The third-order valence-corrected chi connectivity index (χ3v) is 4.68. The highest BCUT2D eigenvalue weighted by Gasteiger charge is 2.29. The van der Waals surface area contributed by atoms with Crippen molar-refractivity contribution in [2.75, 3.05) is 39.3 Å². The molecule has 1 saturated carbocycles. The van der Waals surface area contributed by atoms with Crippen molar-refractivity contribution in [2.24, 2.45) is 5.92 Å². The van der Waals surface area contributed by atoms with Gasteiger partial charge in [0, 0.05) is 44.8 Å². The van der Waals surface area contributed by atoms with Crippen molar-refractivity contribution in [1.29, 1.82) is 0 Å². The molecule has 0 aromatic carbocycles. The van der Waals surface area contributed by atoms with Gasteiger partial charge < -0.3 is 10.2 Å². The van der Waals surface area contributed by atoms with E-state index in [1.54, 1.807) is 0 Å². The van der Waals surface area contributed by atoms with E-state index < -0.39 is 0 Å². The fourth-order valence-corrected chi connectivity index (χ4v) is 3.19. The molecule has 2 fully saturated rings. The van der Waals surface area contributed by atoms with Crippen LogP contribution < -0.4 is 5.32 Å². The average molecular weight is 253 g/mol. The maximum absolute atomic E-state index is 3.63. The second-order valence-corrected chi connectivity index (χ2v) is 6.09. The normalized spacial score (nSPS) is 26.2. The third kappa shape index (κ3) is 3.94. The fraction of sp³-hybridized carbons (Fsp3) is 1.00. The lowest BCUT2D eigenvalue weighted by atomic mass is 10.0. The molecule has 1 N–H and O–H groups in total. The van der Waals surface area contributed by atoms with Gasteiger partial charge in [0.05, 0.1) is 0 Å². The molecule has 0 aromatic rings. The minimum Gasteiger partial charge on any atom is -0.313 e. The van der Waals surface area contributed by atoms with E-state index in [1.807, 2.05) is 0 Å². The van der Waals surface area contributed by atoms with Gasteiger partial charge in [-0.25, -0.2) is 0 Å². The minimum atomic E-state index is 0.657. The van der Waals surface area contributed by atoms with Crippen LogP contribution in [0.2, 0.25) is 0 Å². The van der Waals surface area contributed by atoms with Crippen molar-refractivity contribution in [3.05, 3.63) is 0 Å². The first kappa shape index (κ1) is 14.3. The van der Waals surface area contributed by atoms with Gasteiger partial charge in [-0.1, -0.05) is 13.8 Å². The molecule has 2 unspecified atom stereocenters. The zero-order valence-corrected chi connectivity index (χ0v) is 12.5. The Kier molecular flexibility index (Phi) is 5.46. The second kappa shape index (κ2) is 6.88. The number of piperazine rings is 1. The first-order valence-electron chi connectivity index (χ1n) is 7.94.